The first-order valence-corrected chi connectivity index (χ1v) is 8.03. The molecule has 1 saturated heterocycles. The van der Waals surface area contributed by atoms with Crippen LogP contribution in [-0.2, 0) is 4.79 Å². The number of carbonyl (C=O) groups excluding carboxylic acids is 2. The lowest BCUT2D eigenvalue weighted by Crippen LogP contribution is -2.60. The molecular formula is C18H19FN4O2. The third-order valence-electron chi connectivity index (χ3n) is 4.29. The number of nitrogens with zero attached hydrogens (tertiary/aromatic N) is 3. The standard InChI is InChI=1S/C18H19FN4O2/c1-20-17(24)16-12-22(15-6-4-14(19)5-7-15)9-10-23(16)18(25)13-3-2-8-21-11-13/h2-8,11,16H,9-10,12H2,1H3,(H,20,24). The molecule has 0 radical (unpaired) electrons. The van der Waals surface area contributed by atoms with Gasteiger partial charge in [-0.1, -0.05) is 0 Å². The molecule has 0 spiro atoms. The molecule has 0 saturated carbocycles. The van der Waals surface area contributed by atoms with Gasteiger partial charge in [-0.15, -0.1) is 0 Å². The van der Waals surface area contributed by atoms with Gasteiger partial charge in [0.2, 0.25) is 5.91 Å². The molecule has 2 heterocycles. The summed E-state index contributed by atoms with van der Waals surface area (Å²) in [6.45, 7) is 1.30. The maximum absolute atomic E-state index is 13.1. The van der Waals surface area contributed by atoms with E-state index in [0.717, 1.165) is 5.69 Å². The number of benzene rings is 1. The summed E-state index contributed by atoms with van der Waals surface area (Å²) in [4.78, 5) is 32.6. The minimum absolute atomic E-state index is 0.222. The molecular weight excluding hydrogens is 323 g/mol. The van der Waals surface area contributed by atoms with E-state index in [1.54, 1.807) is 42.4 Å². The lowest BCUT2D eigenvalue weighted by molar-refractivity contribution is -0.125. The second kappa shape index (κ2) is 7.29. The monoisotopic (exact) mass is 342 g/mol. The van der Waals surface area contributed by atoms with Crippen LogP contribution >= 0.6 is 0 Å². The molecule has 1 unspecified atom stereocenters. The van der Waals surface area contributed by atoms with E-state index in [9.17, 15) is 14.0 Å². The molecule has 25 heavy (non-hydrogen) atoms. The summed E-state index contributed by atoms with van der Waals surface area (Å²) in [5.74, 6) is -0.762. The Hall–Kier alpha value is -2.96. The number of hydrogen-bond acceptors (Lipinski definition) is 4. The molecule has 1 aliphatic rings. The summed E-state index contributed by atoms with van der Waals surface area (Å²) in [7, 11) is 1.55. The topological polar surface area (TPSA) is 65.5 Å². The van der Waals surface area contributed by atoms with Crippen molar-refractivity contribution >= 4 is 17.5 Å². The van der Waals surface area contributed by atoms with E-state index in [0.29, 0.717) is 25.2 Å². The van der Waals surface area contributed by atoms with Crippen molar-refractivity contribution in [2.75, 3.05) is 31.6 Å². The normalized spacial score (nSPS) is 17.3. The van der Waals surface area contributed by atoms with E-state index in [1.807, 2.05) is 4.90 Å². The maximum atomic E-state index is 13.1. The second-order valence-corrected chi connectivity index (χ2v) is 5.79. The van der Waals surface area contributed by atoms with Gasteiger partial charge in [0, 0.05) is 44.8 Å². The van der Waals surface area contributed by atoms with Crippen LogP contribution in [0.5, 0.6) is 0 Å². The molecule has 1 atom stereocenters. The van der Waals surface area contributed by atoms with Crippen molar-refractivity contribution in [1.82, 2.24) is 15.2 Å². The van der Waals surface area contributed by atoms with E-state index >= 15 is 0 Å². The van der Waals surface area contributed by atoms with Gasteiger partial charge < -0.3 is 15.1 Å². The van der Waals surface area contributed by atoms with Crippen molar-refractivity contribution in [3.05, 3.63) is 60.2 Å². The zero-order valence-corrected chi connectivity index (χ0v) is 13.9. The summed E-state index contributed by atoms with van der Waals surface area (Å²) in [6.07, 6.45) is 3.09. The van der Waals surface area contributed by atoms with Gasteiger partial charge >= 0.3 is 0 Å². The molecule has 2 aromatic rings. The fourth-order valence-corrected chi connectivity index (χ4v) is 2.96. The molecule has 0 bridgehead atoms. The average molecular weight is 342 g/mol. The lowest BCUT2D eigenvalue weighted by atomic mass is 10.1. The van der Waals surface area contributed by atoms with Gasteiger partial charge in [0.1, 0.15) is 11.9 Å². The van der Waals surface area contributed by atoms with Crippen molar-refractivity contribution in [3.63, 3.8) is 0 Å². The first-order chi connectivity index (χ1) is 12.1. The Morgan fingerprint density at radius 2 is 1.96 bits per heavy atom. The molecule has 3 rings (SSSR count). The van der Waals surface area contributed by atoms with Crippen molar-refractivity contribution in [3.8, 4) is 0 Å². The highest BCUT2D eigenvalue weighted by Crippen LogP contribution is 2.21. The minimum atomic E-state index is -0.628. The Balaban J connectivity index is 1.82. The number of anilines is 1. The second-order valence-electron chi connectivity index (χ2n) is 5.79. The van der Waals surface area contributed by atoms with Crippen LogP contribution < -0.4 is 10.2 Å². The number of hydrogen-bond donors (Lipinski definition) is 1. The van der Waals surface area contributed by atoms with Crippen LogP contribution in [0.2, 0.25) is 0 Å². The highest BCUT2D eigenvalue weighted by molar-refractivity contribution is 5.97. The highest BCUT2D eigenvalue weighted by atomic mass is 19.1. The largest absolute Gasteiger partial charge is 0.367 e. The first-order valence-electron chi connectivity index (χ1n) is 8.03. The van der Waals surface area contributed by atoms with Gasteiger partial charge in [0.25, 0.3) is 5.91 Å². The summed E-state index contributed by atoms with van der Waals surface area (Å²) in [5, 5.41) is 2.62. The number of pyridine rings is 1. The fourth-order valence-electron chi connectivity index (χ4n) is 2.96. The van der Waals surface area contributed by atoms with Gasteiger partial charge in [0.15, 0.2) is 0 Å². The average Bonchev–Trinajstić information content (AvgIpc) is 2.67. The van der Waals surface area contributed by atoms with E-state index in [2.05, 4.69) is 10.3 Å². The number of halogens is 1. The Labute approximate surface area is 145 Å². The van der Waals surface area contributed by atoms with E-state index < -0.39 is 6.04 Å². The van der Waals surface area contributed by atoms with Gasteiger partial charge in [-0.2, -0.15) is 0 Å². The molecule has 1 aliphatic heterocycles. The predicted octanol–water partition coefficient (Wildman–Crippen LogP) is 1.30. The minimum Gasteiger partial charge on any atom is -0.367 e. The van der Waals surface area contributed by atoms with Gasteiger partial charge in [-0.3, -0.25) is 14.6 Å². The van der Waals surface area contributed by atoms with Crippen molar-refractivity contribution in [2.24, 2.45) is 0 Å². The molecule has 1 aromatic heterocycles. The predicted molar refractivity (Wildman–Crippen MR) is 91.7 cm³/mol. The molecule has 6 nitrogen and oxygen atoms in total. The van der Waals surface area contributed by atoms with E-state index in [1.165, 1.54) is 18.3 Å². The van der Waals surface area contributed by atoms with Gasteiger partial charge in [0.05, 0.1) is 5.56 Å². The summed E-state index contributed by atoms with van der Waals surface area (Å²) >= 11 is 0. The lowest BCUT2D eigenvalue weighted by Gasteiger charge is -2.41. The van der Waals surface area contributed by atoms with Crippen LogP contribution in [0.4, 0.5) is 10.1 Å². The fraction of sp³-hybridized carbons (Fsp3) is 0.278. The highest BCUT2D eigenvalue weighted by Gasteiger charge is 2.35. The van der Waals surface area contributed by atoms with Crippen LogP contribution in [0, 0.1) is 5.82 Å². The first kappa shape index (κ1) is 16.9. The van der Waals surface area contributed by atoms with E-state index in [4.69, 9.17) is 0 Å². The number of aromatic nitrogens is 1. The third kappa shape index (κ3) is 3.60. The van der Waals surface area contributed by atoms with Crippen molar-refractivity contribution in [1.29, 1.82) is 0 Å². The zero-order valence-electron chi connectivity index (χ0n) is 13.9. The van der Waals surface area contributed by atoms with Crippen LogP contribution in [0.25, 0.3) is 0 Å². The van der Waals surface area contributed by atoms with Crippen molar-refractivity contribution < 1.29 is 14.0 Å². The summed E-state index contributed by atoms with van der Waals surface area (Å²) in [5.41, 5.74) is 1.27. The zero-order chi connectivity index (χ0) is 17.8. The number of likely N-dealkylation sites (N-methyl/N-ethyl adjacent to an activating group) is 1. The van der Waals surface area contributed by atoms with Crippen LogP contribution in [0.3, 0.4) is 0 Å². The maximum Gasteiger partial charge on any atom is 0.256 e. The van der Waals surface area contributed by atoms with Crippen molar-refractivity contribution in [2.45, 2.75) is 6.04 Å². The SMILES string of the molecule is CNC(=O)C1CN(c2ccc(F)cc2)CCN1C(=O)c1cccnc1. The molecule has 0 aliphatic carbocycles. The number of rotatable bonds is 3. The molecule has 1 N–H and O–H groups in total. The third-order valence-corrected chi connectivity index (χ3v) is 4.29. The number of piperazine rings is 1. The molecule has 1 aromatic carbocycles. The Kier molecular flexibility index (Phi) is 4.92. The molecule has 2 amide bonds. The number of amides is 2. The van der Waals surface area contributed by atoms with E-state index in [-0.39, 0.29) is 17.6 Å². The van der Waals surface area contributed by atoms with Crippen LogP contribution in [-0.4, -0.2) is 54.4 Å². The Morgan fingerprint density at radius 3 is 2.60 bits per heavy atom. The van der Waals surface area contributed by atoms with Crippen LogP contribution in [0.15, 0.2) is 48.8 Å². The van der Waals surface area contributed by atoms with Gasteiger partial charge in [-0.25, -0.2) is 4.39 Å². The molecule has 1 fully saturated rings. The quantitative estimate of drug-likeness (QED) is 0.913. The number of nitrogens with one attached hydrogen (secondary N) is 1. The Bertz CT molecular complexity index is 751. The Morgan fingerprint density at radius 1 is 1.20 bits per heavy atom. The van der Waals surface area contributed by atoms with Crippen LogP contribution in [0.1, 0.15) is 10.4 Å². The van der Waals surface area contributed by atoms with Gasteiger partial charge in [-0.05, 0) is 36.4 Å². The number of carbonyl (C=O) groups is 2. The smallest absolute Gasteiger partial charge is 0.256 e. The summed E-state index contributed by atoms with van der Waals surface area (Å²) < 4.78 is 13.1. The molecule has 7 heteroatoms. The molecule has 130 valence electrons. The summed E-state index contributed by atoms with van der Waals surface area (Å²) in [6, 6.07) is 8.87.